The van der Waals surface area contributed by atoms with Gasteiger partial charge in [0.1, 0.15) is 5.83 Å². The number of fused-ring (bicyclic) bond motifs is 1. The van der Waals surface area contributed by atoms with E-state index < -0.39 is 6.61 Å². The van der Waals surface area contributed by atoms with Gasteiger partial charge in [-0.3, -0.25) is 0 Å². The standard InChI is InChI=1S/C31H47FO5/c1-4-5-8-15-31(2,3)28(37-30-12-7-10-17-35-30)14-13-24-25-19-23(26(32)21-33)18-22(25)20-27(24)36-29-11-6-9-16-34-29/h13-14,22,24-25,27-30,33H,4,6-7,9-12,15-21H2,1-3H3/b14-13+,26-23+/t22-,24+,25-,27+,28+,29?,30?/m0/s1. The minimum atomic E-state index is -0.505. The van der Waals surface area contributed by atoms with Gasteiger partial charge in [0, 0.05) is 37.4 Å². The van der Waals surface area contributed by atoms with Crippen LogP contribution in [0.1, 0.15) is 91.4 Å². The Hall–Kier alpha value is -1.23. The monoisotopic (exact) mass is 518 g/mol. The molecule has 2 unspecified atom stereocenters. The molecule has 0 radical (unpaired) electrons. The summed E-state index contributed by atoms with van der Waals surface area (Å²) < 4.78 is 39.3. The van der Waals surface area contributed by atoms with E-state index in [0.29, 0.717) is 24.7 Å². The summed E-state index contributed by atoms with van der Waals surface area (Å²) >= 11 is 0. The summed E-state index contributed by atoms with van der Waals surface area (Å²) in [6.45, 7) is 7.48. The molecule has 2 saturated heterocycles. The molecule has 0 spiro atoms. The lowest BCUT2D eigenvalue weighted by Crippen LogP contribution is -2.36. The Labute approximate surface area is 223 Å². The molecular formula is C31H47FO5. The highest BCUT2D eigenvalue weighted by Gasteiger charge is 2.48. The first-order chi connectivity index (χ1) is 17.9. The molecule has 0 aromatic carbocycles. The van der Waals surface area contributed by atoms with Crippen molar-refractivity contribution in [2.24, 2.45) is 23.2 Å². The first-order valence-electron chi connectivity index (χ1n) is 14.6. The van der Waals surface area contributed by atoms with Gasteiger partial charge in [-0.05, 0) is 75.2 Å². The summed E-state index contributed by atoms with van der Waals surface area (Å²) in [7, 11) is 0. The van der Waals surface area contributed by atoms with Crippen molar-refractivity contribution in [1.29, 1.82) is 0 Å². The van der Waals surface area contributed by atoms with Gasteiger partial charge in [-0.2, -0.15) is 0 Å². The summed E-state index contributed by atoms with van der Waals surface area (Å²) in [6.07, 6.45) is 14.2. The number of allylic oxidation sites excluding steroid dienone is 1. The lowest BCUT2D eigenvalue weighted by molar-refractivity contribution is -0.197. The van der Waals surface area contributed by atoms with Crippen LogP contribution in [-0.4, -0.2) is 49.7 Å². The fraction of sp³-hybridized carbons (Fsp3) is 0.806. The Bertz CT molecular complexity index is 843. The van der Waals surface area contributed by atoms with Gasteiger partial charge in [0.15, 0.2) is 12.6 Å². The number of hydrogen-bond donors (Lipinski definition) is 1. The average molecular weight is 519 g/mol. The molecule has 0 aromatic rings. The summed E-state index contributed by atoms with van der Waals surface area (Å²) in [5.41, 5.74) is 0.589. The maximum atomic E-state index is 14.3. The molecule has 2 aliphatic heterocycles. The Morgan fingerprint density at radius 2 is 1.84 bits per heavy atom. The zero-order valence-corrected chi connectivity index (χ0v) is 23.1. The Morgan fingerprint density at radius 3 is 2.49 bits per heavy atom. The second kappa shape index (κ2) is 13.7. The summed E-state index contributed by atoms with van der Waals surface area (Å²) in [4.78, 5) is 0. The first kappa shape index (κ1) is 28.8. The number of aliphatic hydroxyl groups is 1. The van der Waals surface area contributed by atoms with E-state index in [1.807, 2.05) is 0 Å². The van der Waals surface area contributed by atoms with Crippen LogP contribution in [0.4, 0.5) is 4.39 Å². The Kier molecular flexibility index (Phi) is 10.7. The van der Waals surface area contributed by atoms with Crippen molar-refractivity contribution in [2.75, 3.05) is 19.8 Å². The van der Waals surface area contributed by atoms with E-state index in [4.69, 9.17) is 18.9 Å². The van der Waals surface area contributed by atoms with Gasteiger partial charge >= 0.3 is 0 Å². The van der Waals surface area contributed by atoms with Crippen molar-refractivity contribution in [2.45, 2.75) is 116 Å². The highest BCUT2D eigenvalue weighted by Crippen LogP contribution is 2.52. The topological polar surface area (TPSA) is 57.2 Å². The van der Waals surface area contributed by atoms with Gasteiger partial charge in [0.2, 0.25) is 0 Å². The van der Waals surface area contributed by atoms with E-state index in [0.717, 1.165) is 76.6 Å². The molecule has 37 heavy (non-hydrogen) atoms. The van der Waals surface area contributed by atoms with E-state index in [-0.39, 0.29) is 41.9 Å². The third-order valence-electron chi connectivity index (χ3n) is 8.60. The molecule has 2 saturated carbocycles. The summed E-state index contributed by atoms with van der Waals surface area (Å²) in [5, 5.41) is 9.38. The van der Waals surface area contributed by atoms with E-state index in [2.05, 4.69) is 44.8 Å². The lowest BCUT2D eigenvalue weighted by atomic mass is 9.81. The third kappa shape index (κ3) is 7.67. The molecule has 4 fully saturated rings. The highest BCUT2D eigenvalue weighted by atomic mass is 19.1. The van der Waals surface area contributed by atoms with Crippen LogP contribution < -0.4 is 0 Å². The highest BCUT2D eigenvalue weighted by molar-refractivity contribution is 5.21. The molecule has 4 aliphatic rings. The van der Waals surface area contributed by atoms with Crippen molar-refractivity contribution in [1.82, 2.24) is 0 Å². The number of halogens is 1. The van der Waals surface area contributed by atoms with Crippen molar-refractivity contribution < 1.29 is 28.4 Å². The second-order valence-corrected chi connectivity index (χ2v) is 11.9. The molecule has 0 aromatic heterocycles. The van der Waals surface area contributed by atoms with Gasteiger partial charge in [-0.1, -0.05) is 32.9 Å². The third-order valence-corrected chi connectivity index (χ3v) is 8.60. The quantitative estimate of drug-likeness (QED) is 0.280. The molecule has 208 valence electrons. The molecule has 7 atom stereocenters. The summed E-state index contributed by atoms with van der Waals surface area (Å²) in [6, 6.07) is 0. The maximum absolute atomic E-state index is 14.3. The van der Waals surface area contributed by atoms with Gasteiger partial charge < -0.3 is 24.1 Å². The smallest absolute Gasteiger partial charge is 0.158 e. The second-order valence-electron chi connectivity index (χ2n) is 11.9. The fourth-order valence-electron chi connectivity index (χ4n) is 6.42. The number of aliphatic hydroxyl groups excluding tert-OH is 1. The van der Waals surface area contributed by atoms with Crippen LogP contribution in [0.3, 0.4) is 0 Å². The number of hydrogen-bond acceptors (Lipinski definition) is 5. The van der Waals surface area contributed by atoms with Crippen LogP contribution in [0.25, 0.3) is 0 Å². The fourth-order valence-corrected chi connectivity index (χ4v) is 6.42. The number of rotatable bonds is 9. The van der Waals surface area contributed by atoms with Crippen LogP contribution >= 0.6 is 0 Å². The van der Waals surface area contributed by atoms with Crippen LogP contribution in [0.2, 0.25) is 0 Å². The van der Waals surface area contributed by atoms with E-state index in [1.165, 1.54) is 0 Å². The molecule has 2 heterocycles. The van der Waals surface area contributed by atoms with Gasteiger partial charge in [0.05, 0.1) is 18.8 Å². The first-order valence-corrected chi connectivity index (χ1v) is 14.6. The molecular weight excluding hydrogens is 471 g/mol. The predicted molar refractivity (Wildman–Crippen MR) is 142 cm³/mol. The number of ether oxygens (including phenoxy) is 4. The minimum absolute atomic E-state index is 0.0441. The molecule has 2 aliphatic carbocycles. The van der Waals surface area contributed by atoms with Crippen molar-refractivity contribution in [3.63, 3.8) is 0 Å². The SMILES string of the molecule is CCC#CCC(C)(C)[C@@H](/C=C/[C@@H]1[C@H]2C/C(=C(/F)CO)C[C@H]2C[C@H]1OC1CCCCO1)OC1CCCCO1. The molecule has 0 amide bonds. The van der Waals surface area contributed by atoms with Crippen molar-refractivity contribution >= 4 is 0 Å². The van der Waals surface area contributed by atoms with Gasteiger partial charge in [-0.25, -0.2) is 4.39 Å². The van der Waals surface area contributed by atoms with Gasteiger partial charge in [0.25, 0.3) is 0 Å². The zero-order valence-electron chi connectivity index (χ0n) is 23.1. The van der Waals surface area contributed by atoms with Crippen LogP contribution in [0, 0.1) is 35.0 Å². The molecule has 1 N–H and O–H groups in total. The Morgan fingerprint density at radius 1 is 1.11 bits per heavy atom. The largest absolute Gasteiger partial charge is 0.389 e. The van der Waals surface area contributed by atoms with E-state index in [1.54, 1.807) is 0 Å². The van der Waals surface area contributed by atoms with Crippen molar-refractivity contribution in [3.05, 3.63) is 23.6 Å². The maximum Gasteiger partial charge on any atom is 0.158 e. The normalized spacial score (nSPS) is 34.7. The van der Waals surface area contributed by atoms with Crippen molar-refractivity contribution in [3.8, 4) is 11.8 Å². The molecule has 6 heteroatoms. The van der Waals surface area contributed by atoms with E-state index >= 15 is 0 Å². The predicted octanol–water partition coefficient (Wildman–Crippen LogP) is 6.46. The Balaban J connectivity index is 1.55. The van der Waals surface area contributed by atoms with Crippen LogP contribution in [-0.2, 0) is 18.9 Å². The van der Waals surface area contributed by atoms with Crippen LogP contribution in [0.5, 0.6) is 0 Å². The minimum Gasteiger partial charge on any atom is -0.389 e. The van der Waals surface area contributed by atoms with E-state index in [9.17, 15) is 9.50 Å². The molecule has 5 nitrogen and oxygen atoms in total. The molecule has 4 rings (SSSR count). The summed E-state index contributed by atoms with van der Waals surface area (Å²) in [5.74, 6) is 6.99. The lowest BCUT2D eigenvalue weighted by Gasteiger charge is -2.35. The zero-order chi connectivity index (χ0) is 26.3. The van der Waals surface area contributed by atoms with Crippen LogP contribution in [0.15, 0.2) is 23.6 Å². The average Bonchev–Trinajstić information content (AvgIpc) is 3.45. The molecule has 0 bridgehead atoms. The van der Waals surface area contributed by atoms with Gasteiger partial charge in [-0.15, -0.1) is 11.8 Å².